The number of fused-ring (bicyclic) bond motifs is 1. The predicted molar refractivity (Wildman–Crippen MR) is 95.0 cm³/mol. The minimum atomic E-state index is -0.0581. The molecule has 2 fully saturated rings. The number of nitrogens with one attached hydrogen (secondary N) is 1. The summed E-state index contributed by atoms with van der Waals surface area (Å²) in [6.07, 6.45) is 2.52. The van der Waals surface area contributed by atoms with Crippen molar-refractivity contribution < 1.29 is 14.3 Å². The number of carbonyl (C=O) groups excluding carboxylic acids is 2. The number of rotatable bonds is 5. The van der Waals surface area contributed by atoms with Crippen LogP contribution in [0.25, 0.3) is 0 Å². The summed E-state index contributed by atoms with van der Waals surface area (Å²) in [5.41, 5.74) is 1.14. The van der Waals surface area contributed by atoms with Crippen LogP contribution in [-0.2, 0) is 16.1 Å². The van der Waals surface area contributed by atoms with E-state index in [0.717, 1.165) is 24.9 Å². The van der Waals surface area contributed by atoms with Gasteiger partial charge in [0, 0.05) is 39.7 Å². The van der Waals surface area contributed by atoms with E-state index in [1.54, 1.807) is 7.11 Å². The molecule has 0 bridgehead atoms. The molecule has 136 valence electrons. The summed E-state index contributed by atoms with van der Waals surface area (Å²) in [5.74, 6) is 0.571. The van der Waals surface area contributed by atoms with E-state index in [0.29, 0.717) is 38.6 Å². The Kier molecular flexibility index (Phi) is 5.91. The van der Waals surface area contributed by atoms with Gasteiger partial charge in [-0.25, -0.2) is 4.79 Å². The molecule has 0 unspecified atom stereocenters. The smallest absolute Gasteiger partial charge is 0.317 e. The molecule has 2 aliphatic heterocycles. The number of hydrogen-bond acceptors (Lipinski definition) is 3. The quantitative estimate of drug-likeness (QED) is 0.829. The van der Waals surface area contributed by atoms with E-state index in [9.17, 15) is 9.59 Å². The maximum atomic E-state index is 12.6. The van der Waals surface area contributed by atoms with Crippen molar-refractivity contribution in [2.45, 2.75) is 31.8 Å². The van der Waals surface area contributed by atoms with Gasteiger partial charge in [0.2, 0.25) is 5.91 Å². The van der Waals surface area contributed by atoms with Gasteiger partial charge in [0.25, 0.3) is 0 Å². The standard InChI is InChI=1S/C19H27N3O3/c1-25-11-10-20-19(24)21-13-16-8-5-9-18(23)22(17(16)14-21)12-15-6-3-2-4-7-15/h2-4,6-7,16-17H,5,8-14H2,1H3,(H,20,24)/t16-,17+/m1/s1. The van der Waals surface area contributed by atoms with Crippen molar-refractivity contribution in [1.29, 1.82) is 0 Å². The van der Waals surface area contributed by atoms with Gasteiger partial charge in [0.1, 0.15) is 0 Å². The molecule has 2 atom stereocenters. The van der Waals surface area contributed by atoms with Crippen LogP contribution in [0.2, 0.25) is 0 Å². The second-order valence-electron chi connectivity index (χ2n) is 6.86. The molecule has 1 N–H and O–H groups in total. The van der Waals surface area contributed by atoms with Crippen molar-refractivity contribution in [2.75, 3.05) is 33.4 Å². The van der Waals surface area contributed by atoms with Crippen LogP contribution < -0.4 is 5.32 Å². The summed E-state index contributed by atoms with van der Waals surface area (Å²) in [7, 11) is 1.62. The molecule has 1 aromatic carbocycles. The molecule has 2 aliphatic rings. The van der Waals surface area contributed by atoms with Gasteiger partial charge in [-0.15, -0.1) is 0 Å². The average Bonchev–Trinajstić information content (AvgIpc) is 2.99. The van der Waals surface area contributed by atoms with Gasteiger partial charge in [-0.2, -0.15) is 0 Å². The van der Waals surface area contributed by atoms with Crippen molar-refractivity contribution in [3.05, 3.63) is 35.9 Å². The lowest BCUT2D eigenvalue weighted by Crippen LogP contribution is -2.45. The number of benzene rings is 1. The summed E-state index contributed by atoms with van der Waals surface area (Å²) in [6.45, 7) is 2.98. The fourth-order valence-corrected chi connectivity index (χ4v) is 3.86. The molecule has 6 nitrogen and oxygen atoms in total. The maximum Gasteiger partial charge on any atom is 0.317 e. The van der Waals surface area contributed by atoms with Crippen LogP contribution in [0.5, 0.6) is 0 Å². The second-order valence-corrected chi connectivity index (χ2v) is 6.86. The monoisotopic (exact) mass is 345 g/mol. The number of carbonyl (C=O) groups is 2. The lowest BCUT2D eigenvalue weighted by molar-refractivity contribution is -0.133. The highest BCUT2D eigenvalue weighted by Crippen LogP contribution is 2.31. The Morgan fingerprint density at radius 1 is 1.28 bits per heavy atom. The van der Waals surface area contributed by atoms with Gasteiger partial charge in [-0.05, 0) is 24.3 Å². The highest BCUT2D eigenvalue weighted by atomic mass is 16.5. The normalized spacial score (nSPS) is 23.3. The molecular formula is C19H27N3O3. The zero-order valence-electron chi connectivity index (χ0n) is 14.8. The van der Waals surface area contributed by atoms with Gasteiger partial charge >= 0.3 is 6.03 Å². The van der Waals surface area contributed by atoms with Crippen LogP contribution in [0.3, 0.4) is 0 Å². The molecule has 3 amide bonds. The number of ether oxygens (including phenoxy) is 1. The first kappa shape index (κ1) is 17.7. The molecule has 0 saturated carbocycles. The molecular weight excluding hydrogens is 318 g/mol. The van der Waals surface area contributed by atoms with Gasteiger partial charge in [-0.3, -0.25) is 4.79 Å². The maximum absolute atomic E-state index is 12.6. The molecule has 2 saturated heterocycles. The van der Waals surface area contributed by atoms with Crippen LogP contribution in [0, 0.1) is 5.92 Å². The summed E-state index contributed by atoms with van der Waals surface area (Å²) < 4.78 is 4.98. The molecule has 3 rings (SSSR count). The van der Waals surface area contributed by atoms with Crippen molar-refractivity contribution in [1.82, 2.24) is 15.1 Å². The Morgan fingerprint density at radius 3 is 2.84 bits per heavy atom. The number of likely N-dealkylation sites (tertiary alicyclic amines) is 2. The first-order chi connectivity index (χ1) is 12.2. The fraction of sp³-hybridized carbons (Fsp3) is 0.579. The van der Waals surface area contributed by atoms with Crippen molar-refractivity contribution in [3.8, 4) is 0 Å². The Balaban J connectivity index is 1.68. The summed E-state index contributed by atoms with van der Waals surface area (Å²) in [5, 5.41) is 2.89. The first-order valence-electron chi connectivity index (χ1n) is 9.04. The highest BCUT2D eigenvalue weighted by molar-refractivity contribution is 5.78. The number of amides is 3. The van der Waals surface area contributed by atoms with E-state index in [1.807, 2.05) is 28.0 Å². The molecule has 2 heterocycles. The molecule has 25 heavy (non-hydrogen) atoms. The minimum absolute atomic E-state index is 0.0581. The first-order valence-corrected chi connectivity index (χ1v) is 9.04. The molecule has 1 aromatic rings. The molecule has 0 radical (unpaired) electrons. The molecule has 0 aliphatic carbocycles. The van der Waals surface area contributed by atoms with Crippen LogP contribution in [0.1, 0.15) is 24.8 Å². The van der Waals surface area contributed by atoms with E-state index in [-0.39, 0.29) is 18.0 Å². The van der Waals surface area contributed by atoms with Gasteiger partial charge < -0.3 is 19.9 Å². The topological polar surface area (TPSA) is 61.9 Å². The summed E-state index contributed by atoms with van der Waals surface area (Å²) in [4.78, 5) is 28.8. The Morgan fingerprint density at radius 2 is 2.08 bits per heavy atom. The minimum Gasteiger partial charge on any atom is -0.383 e. The highest BCUT2D eigenvalue weighted by Gasteiger charge is 2.41. The second kappa shape index (κ2) is 8.34. The van der Waals surface area contributed by atoms with E-state index in [1.165, 1.54) is 0 Å². The van der Waals surface area contributed by atoms with Crippen LogP contribution in [0.15, 0.2) is 30.3 Å². The zero-order chi connectivity index (χ0) is 17.6. The van der Waals surface area contributed by atoms with Crippen molar-refractivity contribution >= 4 is 11.9 Å². The van der Waals surface area contributed by atoms with Gasteiger partial charge in [0.15, 0.2) is 0 Å². The number of nitrogens with zero attached hydrogens (tertiary/aromatic N) is 2. The van der Waals surface area contributed by atoms with Crippen molar-refractivity contribution in [3.63, 3.8) is 0 Å². The Bertz CT molecular complexity index is 593. The lowest BCUT2D eigenvalue weighted by atomic mass is 9.98. The zero-order valence-corrected chi connectivity index (χ0v) is 14.8. The summed E-state index contributed by atoms with van der Waals surface area (Å²) >= 11 is 0. The predicted octanol–water partition coefficient (Wildman–Crippen LogP) is 1.86. The third kappa shape index (κ3) is 4.31. The van der Waals surface area contributed by atoms with Crippen LogP contribution in [-0.4, -0.2) is 61.1 Å². The SMILES string of the molecule is COCCNC(=O)N1C[C@H]2CCCC(=O)N(Cc3ccccc3)[C@H]2C1. The van der Waals surface area contributed by atoms with E-state index < -0.39 is 0 Å². The van der Waals surface area contributed by atoms with E-state index in [2.05, 4.69) is 17.4 Å². The molecule has 0 spiro atoms. The Hall–Kier alpha value is -2.08. The largest absolute Gasteiger partial charge is 0.383 e. The number of hydrogen-bond donors (Lipinski definition) is 1. The fourth-order valence-electron chi connectivity index (χ4n) is 3.86. The third-order valence-electron chi connectivity index (χ3n) is 5.16. The molecule has 0 aromatic heterocycles. The van der Waals surface area contributed by atoms with Gasteiger partial charge in [-0.1, -0.05) is 30.3 Å². The third-order valence-corrected chi connectivity index (χ3v) is 5.16. The average molecular weight is 345 g/mol. The van der Waals surface area contributed by atoms with Gasteiger partial charge in [0.05, 0.1) is 12.6 Å². The number of methoxy groups -OCH3 is 1. The van der Waals surface area contributed by atoms with Crippen LogP contribution in [0.4, 0.5) is 4.79 Å². The van der Waals surface area contributed by atoms with Crippen LogP contribution >= 0.6 is 0 Å². The lowest BCUT2D eigenvalue weighted by Gasteiger charge is -2.30. The van der Waals surface area contributed by atoms with E-state index in [4.69, 9.17) is 4.74 Å². The molecule has 6 heteroatoms. The van der Waals surface area contributed by atoms with E-state index >= 15 is 0 Å². The van der Waals surface area contributed by atoms with Crippen molar-refractivity contribution in [2.24, 2.45) is 5.92 Å². The summed E-state index contributed by atoms with van der Waals surface area (Å²) in [6, 6.07) is 10.1. The Labute approximate surface area is 149 Å². The number of urea groups is 1.